The Labute approximate surface area is 182 Å². The summed E-state index contributed by atoms with van der Waals surface area (Å²) in [7, 11) is 0. The lowest BCUT2D eigenvalue weighted by atomic mass is 9.86. The van der Waals surface area contributed by atoms with Gasteiger partial charge in [0.25, 0.3) is 0 Å². The average molecular weight is 428 g/mol. The van der Waals surface area contributed by atoms with E-state index in [0.717, 1.165) is 50.3 Å². The Hall–Kier alpha value is -3.45. The number of H-pyrrole nitrogens is 2. The summed E-state index contributed by atoms with van der Waals surface area (Å²) in [4.78, 5) is 23.0. The first-order valence-electron chi connectivity index (χ1n) is 10.3. The maximum Gasteiger partial charge on any atom is 0.237 e. The van der Waals surface area contributed by atoms with E-state index in [1.165, 1.54) is 5.56 Å². The van der Waals surface area contributed by atoms with Crippen molar-refractivity contribution in [2.24, 2.45) is 0 Å². The molecule has 0 unspecified atom stereocenters. The molecule has 2 aromatic carbocycles. The van der Waals surface area contributed by atoms with Crippen molar-refractivity contribution in [1.29, 1.82) is 0 Å². The molecule has 6 nitrogen and oxygen atoms in total. The van der Waals surface area contributed by atoms with Gasteiger partial charge in [-0.15, -0.1) is 0 Å². The van der Waals surface area contributed by atoms with Gasteiger partial charge in [0.1, 0.15) is 5.69 Å². The largest absolute Gasteiger partial charge is 0.337 e. The number of aromatic amines is 2. The van der Waals surface area contributed by atoms with Gasteiger partial charge in [0.15, 0.2) is 5.82 Å². The van der Waals surface area contributed by atoms with E-state index in [0.29, 0.717) is 6.54 Å². The third-order valence-corrected chi connectivity index (χ3v) is 6.98. The van der Waals surface area contributed by atoms with Gasteiger partial charge in [-0.25, -0.2) is 4.98 Å². The SMILES string of the molecule is CCN1C(=O)C(C)(C)c2cc3nc(-c4n[nH]c5ccc(-c6ccsc6)cc45)[nH]c3cc21. The number of carbonyl (C=O) groups is 1. The molecule has 0 saturated carbocycles. The summed E-state index contributed by atoms with van der Waals surface area (Å²) in [6, 6.07) is 12.5. The van der Waals surface area contributed by atoms with E-state index < -0.39 is 5.41 Å². The topological polar surface area (TPSA) is 77.7 Å². The molecule has 4 heterocycles. The quantitative estimate of drug-likeness (QED) is 0.400. The maximum absolute atomic E-state index is 12.8. The van der Waals surface area contributed by atoms with Crippen LogP contribution in [0.5, 0.6) is 0 Å². The van der Waals surface area contributed by atoms with E-state index in [1.807, 2.05) is 37.8 Å². The Morgan fingerprint density at radius 2 is 1.97 bits per heavy atom. The molecule has 154 valence electrons. The molecule has 0 atom stereocenters. The fraction of sp³-hybridized carbons (Fsp3) is 0.208. The summed E-state index contributed by atoms with van der Waals surface area (Å²) in [5.74, 6) is 0.858. The number of imidazole rings is 1. The maximum atomic E-state index is 12.8. The highest BCUT2D eigenvalue weighted by molar-refractivity contribution is 7.08. The van der Waals surface area contributed by atoms with E-state index in [-0.39, 0.29) is 5.91 Å². The van der Waals surface area contributed by atoms with Gasteiger partial charge in [0.2, 0.25) is 5.91 Å². The third kappa shape index (κ3) is 2.53. The first-order chi connectivity index (χ1) is 15.0. The molecule has 0 aliphatic carbocycles. The molecule has 1 amide bonds. The van der Waals surface area contributed by atoms with Crippen LogP contribution in [0.2, 0.25) is 0 Å². The van der Waals surface area contributed by atoms with Gasteiger partial charge in [-0.2, -0.15) is 16.4 Å². The Morgan fingerprint density at radius 1 is 1.10 bits per heavy atom. The van der Waals surface area contributed by atoms with Crippen LogP contribution in [0.3, 0.4) is 0 Å². The van der Waals surface area contributed by atoms with Crippen molar-refractivity contribution in [3.05, 3.63) is 52.7 Å². The Balaban J connectivity index is 1.51. The smallest absolute Gasteiger partial charge is 0.237 e. The van der Waals surface area contributed by atoms with E-state index >= 15 is 0 Å². The number of nitrogens with one attached hydrogen (secondary N) is 2. The van der Waals surface area contributed by atoms with Crippen molar-refractivity contribution in [2.75, 3.05) is 11.4 Å². The lowest BCUT2D eigenvalue weighted by molar-refractivity contribution is -0.122. The van der Waals surface area contributed by atoms with Crippen LogP contribution in [0.1, 0.15) is 26.3 Å². The summed E-state index contributed by atoms with van der Waals surface area (Å²) >= 11 is 1.69. The van der Waals surface area contributed by atoms with Gasteiger partial charge < -0.3 is 9.88 Å². The molecular weight excluding hydrogens is 406 g/mol. The molecule has 0 saturated heterocycles. The van der Waals surface area contributed by atoms with Gasteiger partial charge in [-0.3, -0.25) is 9.89 Å². The zero-order valence-corrected chi connectivity index (χ0v) is 18.3. The number of benzene rings is 2. The molecule has 5 aromatic rings. The summed E-state index contributed by atoms with van der Waals surface area (Å²) in [6.45, 7) is 6.62. The molecule has 7 heteroatoms. The number of fused-ring (bicyclic) bond motifs is 3. The number of hydrogen-bond acceptors (Lipinski definition) is 4. The van der Waals surface area contributed by atoms with Crippen LogP contribution < -0.4 is 4.90 Å². The number of rotatable bonds is 3. The van der Waals surface area contributed by atoms with E-state index in [9.17, 15) is 4.79 Å². The Morgan fingerprint density at radius 3 is 2.74 bits per heavy atom. The number of likely N-dealkylation sites (N-methyl/N-ethyl adjacent to an activating group) is 1. The monoisotopic (exact) mass is 427 g/mol. The predicted molar refractivity (Wildman–Crippen MR) is 126 cm³/mol. The minimum absolute atomic E-state index is 0.136. The van der Waals surface area contributed by atoms with Gasteiger partial charge >= 0.3 is 0 Å². The molecule has 1 aliphatic heterocycles. The molecular formula is C24H21N5OS. The molecule has 2 N–H and O–H groups in total. The zero-order valence-electron chi connectivity index (χ0n) is 17.5. The average Bonchev–Trinajstić information content (AvgIpc) is 3.53. The fourth-order valence-electron chi connectivity index (χ4n) is 4.56. The predicted octanol–water partition coefficient (Wildman–Crippen LogP) is 5.48. The number of anilines is 1. The molecule has 0 radical (unpaired) electrons. The second-order valence-electron chi connectivity index (χ2n) is 8.49. The number of hydrogen-bond donors (Lipinski definition) is 2. The molecule has 0 bridgehead atoms. The van der Waals surface area contributed by atoms with Crippen molar-refractivity contribution in [3.63, 3.8) is 0 Å². The van der Waals surface area contributed by atoms with Crippen LogP contribution in [0.4, 0.5) is 5.69 Å². The minimum Gasteiger partial charge on any atom is -0.337 e. The van der Waals surface area contributed by atoms with Crippen LogP contribution in [-0.4, -0.2) is 32.6 Å². The van der Waals surface area contributed by atoms with Crippen LogP contribution >= 0.6 is 11.3 Å². The minimum atomic E-state index is -0.548. The molecule has 0 fully saturated rings. The van der Waals surface area contributed by atoms with E-state index in [4.69, 9.17) is 4.98 Å². The number of nitrogens with zero attached hydrogens (tertiary/aromatic N) is 3. The third-order valence-electron chi connectivity index (χ3n) is 6.30. The first kappa shape index (κ1) is 18.3. The fourth-order valence-corrected chi connectivity index (χ4v) is 5.23. The van der Waals surface area contributed by atoms with Crippen molar-refractivity contribution in [3.8, 4) is 22.6 Å². The number of aromatic nitrogens is 4. The lowest BCUT2D eigenvalue weighted by Gasteiger charge is -2.18. The van der Waals surface area contributed by atoms with Gasteiger partial charge in [0, 0.05) is 11.9 Å². The van der Waals surface area contributed by atoms with Gasteiger partial charge in [-0.1, -0.05) is 6.07 Å². The zero-order chi connectivity index (χ0) is 21.3. The number of carbonyl (C=O) groups excluding carboxylic acids is 1. The van der Waals surface area contributed by atoms with Gasteiger partial charge in [0.05, 0.1) is 27.7 Å². The highest BCUT2D eigenvalue weighted by Gasteiger charge is 2.43. The van der Waals surface area contributed by atoms with Gasteiger partial charge in [-0.05, 0) is 78.6 Å². The number of thiophene rings is 1. The summed E-state index contributed by atoms with van der Waals surface area (Å²) in [6.07, 6.45) is 0. The highest BCUT2D eigenvalue weighted by Crippen LogP contribution is 2.43. The van der Waals surface area contributed by atoms with Crippen LogP contribution in [0.25, 0.3) is 44.6 Å². The van der Waals surface area contributed by atoms with E-state index in [2.05, 4.69) is 50.2 Å². The first-order valence-corrected chi connectivity index (χ1v) is 11.3. The van der Waals surface area contributed by atoms with Crippen LogP contribution in [0.15, 0.2) is 47.2 Å². The summed E-state index contributed by atoms with van der Waals surface area (Å²) in [5.41, 5.74) is 7.32. The summed E-state index contributed by atoms with van der Waals surface area (Å²) < 4.78 is 0. The summed E-state index contributed by atoms with van der Waals surface area (Å²) in [5, 5.41) is 12.9. The Bertz CT molecular complexity index is 1470. The second-order valence-corrected chi connectivity index (χ2v) is 9.27. The van der Waals surface area contributed by atoms with Crippen molar-refractivity contribution in [1.82, 2.24) is 20.2 Å². The van der Waals surface area contributed by atoms with Crippen LogP contribution in [0, 0.1) is 0 Å². The van der Waals surface area contributed by atoms with Crippen molar-refractivity contribution >= 4 is 44.9 Å². The molecule has 6 rings (SSSR count). The molecule has 3 aromatic heterocycles. The van der Waals surface area contributed by atoms with Crippen LogP contribution in [-0.2, 0) is 10.2 Å². The normalized spacial score (nSPS) is 15.3. The second kappa shape index (κ2) is 6.28. The lowest BCUT2D eigenvalue weighted by Crippen LogP contribution is -2.35. The van der Waals surface area contributed by atoms with Crippen molar-refractivity contribution in [2.45, 2.75) is 26.2 Å². The highest BCUT2D eigenvalue weighted by atomic mass is 32.1. The van der Waals surface area contributed by atoms with E-state index in [1.54, 1.807) is 11.3 Å². The standard InChI is InChI=1S/C24H21N5OS/c1-4-29-20-11-19-18(10-16(20)24(2,3)23(29)30)25-22(26-19)21-15-9-13(14-7-8-31-12-14)5-6-17(15)27-28-21/h5-12H,4H2,1-3H3,(H,25,26)(H,27,28). The Kier molecular flexibility index (Phi) is 3.71. The van der Waals surface area contributed by atoms with Crippen molar-refractivity contribution < 1.29 is 4.79 Å². The molecule has 1 aliphatic rings. The molecule has 0 spiro atoms. The number of amides is 1. The molecule has 31 heavy (non-hydrogen) atoms.